The molecule has 1 aromatic heterocycles. The molecule has 0 saturated carbocycles. The summed E-state index contributed by atoms with van der Waals surface area (Å²) in [5, 5.41) is 0.873. The number of amides is 1. The third-order valence-corrected chi connectivity index (χ3v) is 9.98. The van der Waals surface area contributed by atoms with E-state index < -0.39 is 10.0 Å². The van der Waals surface area contributed by atoms with Gasteiger partial charge in [0.2, 0.25) is 0 Å². The highest BCUT2D eigenvalue weighted by molar-refractivity contribution is 7.92. The van der Waals surface area contributed by atoms with Gasteiger partial charge in [0.1, 0.15) is 5.75 Å². The molecule has 1 aliphatic heterocycles. The molecule has 0 spiro atoms. The van der Waals surface area contributed by atoms with Gasteiger partial charge in [-0.15, -0.1) is 11.3 Å². The van der Waals surface area contributed by atoms with Gasteiger partial charge in [-0.2, -0.15) is 0 Å². The Labute approximate surface area is 234 Å². The van der Waals surface area contributed by atoms with Crippen LogP contribution >= 0.6 is 11.3 Å². The van der Waals surface area contributed by atoms with Crippen molar-refractivity contribution < 1.29 is 17.9 Å². The Morgan fingerprint density at radius 2 is 1.64 bits per heavy atom. The third-order valence-electron chi connectivity index (χ3n) is 7.04. The number of ether oxygens (including phenoxy) is 1. The van der Waals surface area contributed by atoms with Crippen molar-refractivity contribution in [2.75, 3.05) is 49.0 Å². The number of methoxy groups -OCH3 is 1. The van der Waals surface area contributed by atoms with Crippen LogP contribution in [0, 0.1) is 6.92 Å². The van der Waals surface area contributed by atoms with Gasteiger partial charge < -0.3 is 14.5 Å². The zero-order valence-corrected chi connectivity index (χ0v) is 24.1. The van der Waals surface area contributed by atoms with Crippen LogP contribution in [-0.4, -0.2) is 59.1 Å². The molecule has 204 valence electrons. The van der Waals surface area contributed by atoms with Crippen molar-refractivity contribution in [3.8, 4) is 5.75 Å². The summed E-state index contributed by atoms with van der Waals surface area (Å²) in [6.07, 6.45) is 0.680. The smallest absolute Gasteiger partial charge is 0.264 e. The van der Waals surface area contributed by atoms with Gasteiger partial charge in [-0.3, -0.25) is 9.10 Å². The van der Waals surface area contributed by atoms with E-state index in [9.17, 15) is 13.2 Å². The molecule has 0 aliphatic carbocycles. The van der Waals surface area contributed by atoms with Gasteiger partial charge >= 0.3 is 0 Å². The molecule has 0 bridgehead atoms. The molecule has 3 aromatic carbocycles. The Balaban J connectivity index is 1.33. The normalized spacial score (nSPS) is 14.0. The van der Waals surface area contributed by atoms with E-state index in [1.807, 2.05) is 79.4 Å². The van der Waals surface area contributed by atoms with E-state index in [0.29, 0.717) is 36.6 Å². The minimum atomic E-state index is -3.71. The number of anilines is 2. The molecular formula is C30H33N3O4S2. The Kier molecular flexibility index (Phi) is 7.81. The SMILES string of the molecule is CCCN(c1ccc2sc(C(=O)N3CCN(c4ccc(OC)cc4)CC3)cc2c1)S(=O)(=O)c1ccc(C)cc1. The topological polar surface area (TPSA) is 70.2 Å². The van der Waals surface area contributed by atoms with Crippen LogP contribution in [0.3, 0.4) is 0 Å². The summed E-state index contributed by atoms with van der Waals surface area (Å²) < 4.78 is 34.7. The number of sulfonamides is 1. The van der Waals surface area contributed by atoms with Crippen molar-refractivity contribution in [2.24, 2.45) is 0 Å². The average Bonchev–Trinajstić information content (AvgIpc) is 3.39. The Bertz CT molecular complexity index is 1560. The number of hydrogen-bond acceptors (Lipinski definition) is 6. The number of thiophene rings is 1. The van der Waals surface area contributed by atoms with Crippen molar-refractivity contribution >= 4 is 48.7 Å². The summed E-state index contributed by atoms with van der Waals surface area (Å²) >= 11 is 1.45. The van der Waals surface area contributed by atoms with Gasteiger partial charge in [0.05, 0.1) is 22.6 Å². The molecule has 1 fully saturated rings. The second kappa shape index (κ2) is 11.3. The van der Waals surface area contributed by atoms with Crippen LogP contribution in [0.5, 0.6) is 5.75 Å². The van der Waals surface area contributed by atoms with Crippen LogP contribution in [0.2, 0.25) is 0 Å². The van der Waals surface area contributed by atoms with E-state index in [0.717, 1.165) is 40.2 Å². The summed E-state index contributed by atoms with van der Waals surface area (Å²) in [4.78, 5) is 18.5. The molecule has 0 radical (unpaired) electrons. The molecule has 9 heteroatoms. The van der Waals surface area contributed by atoms with Gasteiger partial charge in [0.15, 0.2) is 0 Å². The predicted molar refractivity (Wildman–Crippen MR) is 159 cm³/mol. The summed E-state index contributed by atoms with van der Waals surface area (Å²) in [6, 6.07) is 22.4. The molecule has 2 heterocycles. The Hall–Kier alpha value is -3.56. The number of piperazine rings is 1. The number of fused-ring (bicyclic) bond motifs is 1. The van der Waals surface area contributed by atoms with Gasteiger partial charge in [0, 0.05) is 43.1 Å². The summed E-state index contributed by atoms with van der Waals surface area (Å²) in [5.41, 5.74) is 2.74. The molecule has 0 unspecified atom stereocenters. The van der Waals surface area contributed by atoms with Gasteiger partial charge in [-0.1, -0.05) is 24.6 Å². The lowest BCUT2D eigenvalue weighted by Crippen LogP contribution is -2.48. The van der Waals surface area contributed by atoms with Crippen LogP contribution in [0.25, 0.3) is 10.1 Å². The standard InChI is InChI=1S/C30H33N3O4S2/c1-4-15-33(39(35,36)27-12-5-22(2)6-13-27)25-9-14-28-23(20-25)21-29(38-28)30(34)32-18-16-31(17-19-32)24-7-10-26(37-3)11-8-24/h5-14,20-21H,4,15-19H2,1-3H3. The van der Waals surface area contributed by atoms with Crippen LogP contribution in [-0.2, 0) is 10.0 Å². The first-order valence-corrected chi connectivity index (χ1v) is 15.4. The average molecular weight is 564 g/mol. The number of nitrogens with zero attached hydrogens (tertiary/aromatic N) is 3. The first-order chi connectivity index (χ1) is 18.8. The largest absolute Gasteiger partial charge is 0.497 e. The summed E-state index contributed by atoms with van der Waals surface area (Å²) in [5.74, 6) is 0.843. The molecule has 1 saturated heterocycles. The maximum absolute atomic E-state index is 13.5. The monoisotopic (exact) mass is 563 g/mol. The maximum atomic E-state index is 13.5. The molecule has 1 amide bonds. The van der Waals surface area contributed by atoms with Crippen molar-refractivity contribution in [1.82, 2.24) is 4.90 Å². The summed E-state index contributed by atoms with van der Waals surface area (Å²) in [7, 11) is -2.06. The first-order valence-electron chi connectivity index (χ1n) is 13.1. The van der Waals surface area contributed by atoms with Gasteiger partial charge in [0.25, 0.3) is 15.9 Å². The molecule has 4 aromatic rings. The molecule has 39 heavy (non-hydrogen) atoms. The second-order valence-corrected chi connectivity index (χ2v) is 12.6. The summed E-state index contributed by atoms with van der Waals surface area (Å²) in [6.45, 7) is 7.07. The van der Waals surface area contributed by atoms with Crippen LogP contribution in [0.15, 0.2) is 77.7 Å². The van der Waals surface area contributed by atoms with Gasteiger partial charge in [-0.25, -0.2) is 8.42 Å². The highest BCUT2D eigenvalue weighted by atomic mass is 32.2. The lowest BCUT2D eigenvalue weighted by atomic mass is 10.2. The Morgan fingerprint density at radius 3 is 2.28 bits per heavy atom. The van der Waals surface area contributed by atoms with E-state index in [-0.39, 0.29) is 10.8 Å². The minimum Gasteiger partial charge on any atom is -0.497 e. The number of hydrogen-bond donors (Lipinski definition) is 0. The number of benzene rings is 3. The van der Waals surface area contributed by atoms with E-state index in [1.54, 1.807) is 19.2 Å². The quantitative estimate of drug-likeness (QED) is 0.272. The number of rotatable bonds is 8. The van der Waals surface area contributed by atoms with Crippen LogP contribution in [0.1, 0.15) is 28.6 Å². The van der Waals surface area contributed by atoms with Crippen molar-refractivity contribution in [1.29, 1.82) is 0 Å². The highest BCUT2D eigenvalue weighted by Crippen LogP contribution is 2.33. The fraction of sp³-hybridized carbons (Fsp3) is 0.300. The van der Waals surface area contributed by atoms with Crippen molar-refractivity contribution in [2.45, 2.75) is 25.2 Å². The first kappa shape index (κ1) is 27.0. The molecular weight excluding hydrogens is 530 g/mol. The fourth-order valence-corrected chi connectivity index (χ4v) is 7.40. The minimum absolute atomic E-state index is 0.0184. The number of carbonyl (C=O) groups is 1. The van der Waals surface area contributed by atoms with Crippen molar-refractivity contribution in [3.63, 3.8) is 0 Å². The molecule has 0 N–H and O–H groups in total. The van der Waals surface area contributed by atoms with E-state index in [1.165, 1.54) is 15.6 Å². The number of aryl methyl sites for hydroxylation is 1. The highest BCUT2D eigenvalue weighted by Gasteiger charge is 2.26. The van der Waals surface area contributed by atoms with Crippen LogP contribution < -0.4 is 13.9 Å². The second-order valence-electron chi connectivity index (χ2n) is 9.70. The van der Waals surface area contributed by atoms with E-state index in [4.69, 9.17) is 4.74 Å². The molecule has 7 nitrogen and oxygen atoms in total. The van der Waals surface area contributed by atoms with E-state index >= 15 is 0 Å². The molecule has 1 aliphatic rings. The van der Waals surface area contributed by atoms with Gasteiger partial charge in [-0.05, 0) is 79.4 Å². The maximum Gasteiger partial charge on any atom is 0.264 e. The predicted octanol–water partition coefficient (Wildman–Crippen LogP) is 5.79. The lowest BCUT2D eigenvalue weighted by Gasteiger charge is -2.36. The molecule has 0 atom stereocenters. The number of carbonyl (C=O) groups excluding carboxylic acids is 1. The van der Waals surface area contributed by atoms with Crippen molar-refractivity contribution in [3.05, 3.63) is 83.2 Å². The molecule has 5 rings (SSSR count). The zero-order valence-electron chi connectivity index (χ0n) is 22.5. The fourth-order valence-electron chi connectivity index (χ4n) is 4.84. The Morgan fingerprint density at radius 1 is 0.949 bits per heavy atom. The van der Waals surface area contributed by atoms with Crippen LogP contribution in [0.4, 0.5) is 11.4 Å². The zero-order chi connectivity index (χ0) is 27.6. The third kappa shape index (κ3) is 5.60. The lowest BCUT2D eigenvalue weighted by molar-refractivity contribution is 0.0751. The van der Waals surface area contributed by atoms with E-state index in [2.05, 4.69) is 4.90 Å².